The predicted octanol–water partition coefficient (Wildman–Crippen LogP) is 1.78. The lowest BCUT2D eigenvalue weighted by Gasteiger charge is -2.24. The van der Waals surface area contributed by atoms with Gasteiger partial charge in [-0.2, -0.15) is 0 Å². The van der Waals surface area contributed by atoms with Crippen LogP contribution in [0, 0.1) is 12.3 Å². The fourth-order valence-corrected chi connectivity index (χ4v) is 1.56. The summed E-state index contributed by atoms with van der Waals surface area (Å²) in [5.74, 6) is 2.48. The Morgan fingerprint density at radius 2 is 1.94 bits per heavy atom. The maximum absolute atomic E-state index is 9.89. The van der Waals surface area contributed by atoms with Crippen molar-refractivity contribution < 1.29 is 5.11 Å². The molecule has 86 valence electrons. The first-order chi connectivity index (χ1) is 7.37. The second kappa shape index (κ2) is 4.98. The van der Waals surface area contributed by atoms with Gasteiger partial charge in [0.1, 0.15) is 22.9 Å². The van der Waals surface area contributed by atoms with Crippen molar-refractivity contribution in [2.45, 2.75) is 25.6 Å². The van der Waals surface area contributed by atoms with Gasteiger partial charge in [-0.3, -0.25) is 5.32 Å². The van der Waals surface area contributed by atoms with E-state index in [2.05, 4.69) is 21.2 Å². The monoisotopic (exact) mass is 259 g/mol. The van der Waals surface area contributed by atoms with Crippen LogP contribution in [0.5, 0.6) is 0 Å². The zero-order valence-corrected chi connectivity index (χ0v) is 10.3. The third-order valence-corrected chi connectivity index (χ3v) is 2.52. The second-order valence-electron chi connectivity index (χ2n) is 3.69. The summed E-state index contributed by atoms with van der Waals surface area (Å²) >= 11 is 11.6. The number of hydrogen-bond acceptors (Lipinski definition) is 4. The summed E-state index contributed by atoms with van der Waals surface area (Å²) in [6.07, 6.45) is 5.39. The van der Waals surface area contributed by atoms with Gasteiger partial charge in [0.05, 0.1) is 11.1 Å². The van der Waals surface area contributed by atoms with Gasteiger partial charge >= 0.3 is 0 Å². The van der Waals surface area contributed by atoms with Crippen molar-refractivity contribution in [1.29, 1.82) is 0 Å². The van der Waals surface area contributed by atoms with Crippen molar-refractivity contribution in [3.05, 3.63) is 22.2 Å². The Morgan fingerprint density at radius 3 is 2.38 bits per heavy atom. The average Bonchev–Trinajstić information content (AvgIpc) is 2.16. The molecule has 0 aliphatic rings. The lowest BCUT2D eigenvalue weighted by atomic mass is 10.1. The van der Waals surface area contributed by atoms with Crippen molar-refractivity contribution in [3.8, 4) is 12.3 Å². The van der Waals surface area contributed by atoms with Crippen LogP contribution in [-0.2, 0) is 0 Å². The number of halogens is 2. The van der Waals surface area contributed by atoms with Gasteiger partial charge in [0.25, 0.3) is 0 Å². The highest BCUT2D eigenvalue weighted by Crippen LogP contribution is 2.26. The van der Waals surface area contributed by atoms with Crippen LogP contribution in [0.15, 0.2) is 6.33 Å². The molecule has 1 atom stereocenters. The molecule has 0 aromatic carbocycles. The Labute approximate surface area is 104 Å². The van der Waals surface area contributed by atoms with Gasteiger partial charge in [-0.25, -0.2) is 9.97 Å². The van der Waals surface area contributed by atoms with Crippen LogP contribution >= 0.6 is 23.2 Å². The van der Waals surface area contributed by atoms with Gasteiger partial charge < -0.3 is 5.11 Å². The molecule has 0 fully saturated rings. The van der Waals surface area contributed by atoms with Gasteiger partial charge in [-0.15, -0.1) is 6.42 Å². The van der Waals surface area contributed by atoms with E-state index in [0.717, 1.165) is 0 Å². The molecule has 0 amide bonds. The molecule has 2 N–H and O–H groups in total. The van der Waals surface area contributed by atoms with E-state index in [-0.39, 0.29) is 15.9 Å². The number of rotatable bonds is 3. The molecule has 0 aliphatic carbocycles. The Balaban J connectivity index is 2.98. The molecular weight excluding hydrogens is 249 g/mol. The minimum absolute atomic E-state index is 0.0906. The summed E-state index contributed by atoms with van der Waals surface area (Å²) in [6.45, 7) is 3.48. The Kier molecular flexibility index (Phi) is 4.11. The van der Waals surface area contributed by atoms with E-state index in [1.807, 2.05) is 0 Å². The maximum Gasteiger partial charge on any atom is 0.141 e. The third-order valence-electron chi connectivity index (χ3n) is 1.92. The summed E-state index contributed by atoms with van der Waals surface area (Å²) < 4.78 is 0. The average molecular weight is 260 g/mol. The van der Waals surface area contributed by atoms with Gasteiger partial charge in [0.2, 0.25) is 0 Å². The highest BCUT2D eigenvalue weighted by molar-refractivity contribution is 6.34. The summed E-state index contributed by atoms with van der Waals surface area (Å²) in [7, 11) is 0. The first-order valence-electron chi connectivity index (χ1n) is 4.47. The standard InChI is InChI=1S/C10H11Cl2N3O/c1-4-10(2,3)15-9(16)6-7(11)13-5-14-8(6)12/h1,5,9,15-16H,2-3H3. The Hall–Kier alpha value is -0.860. The zero-order chi connectivity index (χ0) is 12.3. The molecular formula is C10H11Cl2N3O. The van der Waals surface area contributed by atoms with E-state index >= 15 is 0 Å². The summed E-state index contributed by atoms with van der Waals surface area (Å²) in [4.78, 5) is 7.47. The Morgan fingerprint density at radius 1 is 1.44 bits per heavy atom. The minimum Gasteiger partial charge on any atom is -0.374 e. The molecule has 0 saturated carbocycles. The lowest BCUT2D eigenvalue weighted by molar-refractivity contribution is 0.116. The van der Waals surface area contributed by atoms with Crippen LogP contribution in [0.1, 0.15) is 25.6 Å². The topological polar surface area (TPSA) is 58.0 Å². The highest BCUT2D eigenvalue weighted by Gasteiger charge is 2.23. The van der Waals surface area contributed by atoms with E-state index in [0.29, 0.717) is 0 Å². The van der Waals surface area contributed by atoms with Crippen LogP contribution < -0.4 is 5.32 Å². The largest absolute Gasteiger partial charge is 0.374 e. The molecule has 0 aliphatic heterocycles. The molecule has 1 unspecified atom stereocenters. The van der Waals surface area contributed by atoms with E-state index in [1.54, 1.807) is 13.8 Å². The second-order valence-corrected chi connectivity index (χ2v) is 4.40. The minimum atomic E-state index is -1.12. The Bertz CT molecular complexity index is 408. The van der Waals surface area contributed by atoms with Crippen molar-refractivity contribution >= 4 is 23.2 Å². The van der Waals surface area contributed by atoms with Gasteiger partial charge in [0, 0.05) is 0 Å². The third kappa shape index (κ3) is 3.06. The van der Waals surface area contributed by atoms with Crippen LogP contribution in [0.3, 0.4) is 0 Å². The van der Waals surface area contributed by atoms with Crippen molar-refractivity contribution in [2.75, 3.05) is 0 Å². The molecule has 16 heavy (non-hydrogen) atoms. The summed E-state index contributed by atoms with van der Waals surface area (Å²) in [5, 5.41) is 12.8. The molecule has 1 aromatic heterocycles. The lowest BCUT2D eigenvalue weighted by Crippen LogP contribution is -2.40. The number of nitrogens with zero attached hydrogens (tertiary/aromatic N) is 2. The zero-order valence-electron chi connectivity index (χ0n) is 8.83. The first-order valence-corrected chi connectivity index (χ1v) is 5.22. The first kappa shape index (κ1) is 13.2. The van der Waals surface area contributed by atoms with Crippen molar-refractivity contribution in [2.24, 2.45) is 0 Å². The van der Waals surface area contributed by atoms with Crippen molar-refractivity contribution in [1.82, 2.24) is 15.3 Å². The number of terminal acetylenes is 1. The van der Waals surface area contributed by atoms with Crippen molar-refractivity contribution in [3.63, 3.8) is 0 Å². The number of aliphatic hydroxyl groups excluding tert-OH is 1. The number of aliphatic hydroxyl groups is 1. The van der Waals surface area contributed by atoms with E-state index in [4.69, 9.17) is 29.6 Å². The number of hydrogen-bond donors (Lipinski definition) is 2. The molecule has 0 saturated heterocycles. The molecule has 1 aromatic rings. The van der Waals surface area contributed by atoms with Crippen LogP contribution in [0.25, 0.3) is 0 Å². The number of aromatic nitrogens is 2. The van der Waals surface area contributed by atoms with E-state index in [9.17, 15) is 5.11 Å². The molecule has 0 spiro atoms. The number of nitrogens with one attached hydrogen (secondary N) is 1. The normalized spacial score (nSPS) is 13.2. The fraction of sp³-hybridized carbons (Fsp3) is 0.400. The molecule has 4 nitrogen and oxygen atoms in total. The molecule has 6 heteroatoms. The maximum atomic E-state index is 9.89. The molecule has 0 bridgehead atoms. The summed E-state index contributed by atoms with van der Waals surface area (Å²) in [6, 6.07) is 0. The van der Waals surface area contributed by atoms with Crippen LogP contribution in [0.2, 0.25) is 10.3 Å². The molecule has 1 heterocycles. The van der Waals surface area contributed by atoms with Gasteiger partial charge in [-0.05, 0) is 13.8 Å². The molecule has 1 rings (SSSR count). The quantitative estimate of drug-likeness (QED) is 0.494. The predicted molar refractivity (Wildman–Crippen MR) is 63.1 cm³/mol. The fourth-order valence-electron chi connectivity index (χ4n) is 1.04. The summed E-state index contributed by atoms with van der Waals surface area (Å²) in [5.41, 5.74) is -0.476. The van der Waals surface area contributed by atoms with Gasteiger partial charge in [-0.1, -0.05) is 29.1 Å². The highest BCUT2D eigenvalue weighted by atomic mass is 35.5. The van der Waals surface area contributed by atoms with E-state index < -0.39 is 11.8 Å². The van der Waals surface area contributed by atoms with Gasteiger partial charge in [0.15, 0.2) is 0 Å². The van der Waals surface area contributed by atoms with E-state index in [1.165, 1.54) is 6.33 Å². The van der Waals surface area contributed by atoms with Crippen LogP contribution in [-0.4, -0.2) is 20.6 Å². The van der Waals surface area contributed by atoms with Crippen LogP contribution in [0.4, 0.5) is 0 Å². The smallest absolute Gasteiger partial charge is 0.141 e. The molecule has 0 radical (unpaired) electrons. The SMILES string of the molecule is C#CC(C)(C)NC(O)c1c(Cl)ncnc1Cl.